The summed E-state index contributed by atoms with van der Waals surface area (Å²) >= 11 is 0. The molecule has 1 aromatic heterocycles. The molecule has 2 aromatic rings. The number of rotatable bonds is 6. The summed E-state index contributed by atoms with van der Waals surface area (Å²) in [6.07, 6.45) is 9.40. The van der Waals surface area contributed by atoms with Gasteiger partial charge in [-0.05, 0) is 93.0 Å². The Hall–Kier alpha value is -2.20. The van der Waals surface area contributed by atoms with E-state index in [-0.39, 0.29) is 11.9 Å². The molecule has 29 heavy (non-hydrogen) atoms. The van der Waals surface area contributed by atoms with E-state index in [9.17, 15) is 9.90 Å². The third kappa shape index (κ3) is 3.38. The van der Waals surface area contributed by atoms with Crippen LogP contribution < -0.4 is 0 Å². The number of aliphatic hydroxyl groups is 1. The highest BCUT2D eigenvalue weighted by Crippen LogP contribution is 2.43. The molecule has 4 nitrogen and oxygen atoms in total. The van der Waals surface area contributed by atoms with Gasteiger partial charge in [0.25, 0.3) is 5.91 Å². The van der Waals surface area contributed by atoms with Crippen molar-refractivity contribution in [1.29, 1.82) is 0 Å². The predicted octanol–water partition coefficient (Wildman–Crippen LogP) is 3.86. The van der Waals surface area contributed by atoms with E-state index in [0.29, 0.717) is 12.5 Å². The normalized spacial score (nSPS) is 19.4. The van der Waals surface area contributed by atoms with Gasteiger partial charge >= 0.3 is 0 Å². The van der Waals surface area contributed by atoms with E-state index in [1.54, 1.807) is 0 Å². The van der Waals surface area contributed by atoms with Crippen LogP contribution in [0.4, 0.5) is 0 Å². The number of aromatic nitrogens is 1. The van der Waals surface area contributed by atoms with Crippen LogP contribution in [0.2, 0.25) is 0 Å². The first-order valence-electron chi connectivity index (χ1n) is 11.0. The summed E-state index contributed by atoms with van der Waals surface area (Å²) in [5.41, 5.74) is 6.35. The quantitative estimate of drug-likeness (QED) is 0.815. The zero-order valence-electron chi connectivity index (χ0n) is 17.4. The van der Waals surface area contributed by atoms with Crippen LogP contribution in [0, 0.1) is 5.92 Å². The van der Waals surface area contributed by atoms with Crippen molar-refractivity contribution in [3.8, 4) is 0 Å². The summed E-state index contributed by atoms with van der Waals surface area (Å²) < 4.78 is 0. The fourth-order valence-corrected chi connectivity index (χ4v) is 5.55. The maximum absolute atomic E-state index is 13.4. The topological polar surface area (TPSA) is 53.4 Å². The first-order chi connectivity index (χ1) is 13.9. The molecule has 3 aliphatic rings. The lowest BCUT2D eigenvalue weighted by Crippen LogP contribution is -2.51. The predicted molar refractivity (Wildman–Crippen MR) is 113 cm³/mol. The second kappa shape index (κ2) is 6.94. The van der Waals surface area contributed by atoms with Gasteiger partial charge < -0.3 is 10.0 Å². The summed E-state index contributed by atoms with van der Waals surface area (Å²) in [5, 5.41) is 10.8. The molecule has 5 rings (SSSR count). The van der Waals surface area contributed by atoms with E-state index in [1.165, 1.54) is 23.2 Å². The van der Waals surface area contributed by atoms with Crippen LogP contribution >= 0.6 is 0 Å². The minimum Gasteiger partial charge on any atom is -0.388 e. The molecule has 1 aliphatic heterocycles. The number of hydrogen-bond donors (Lipinski definition) is 1. The molecule has 152 valence electrons. The average molecular weight is 391 g/mol. The van der Waals surface area contributed by atoms with Crippen LogP contribution in [0.25, 0.3) is 0 Å². The molecule has 1 aromatic carbocycles. The average Bonchev–Trinajstić information content (AvgIpc) is 3.27. The second-order valence-electron chi connectivity index (χ2n) is 9.57. The Bertz CT molecular complexity index is 956. The Labute approximate surface area is 173 Å². The molecule has 1 saturated carbocycles. The minimum atomic E-state index is -0.878. The van der Waals surface area contributed by atoms with Crippen LogP contribution in [0.5, 0.6) is 0 Å². The van der Waals surface area contributed by atoms with Gasteiger partial charge in [-0.25, -0.2) is 0 Å². The molecule has 4 heteroatoms. The Balaban J connectivity index is 1.40. The lowest BCUT2D eigenvalue weighted by molar-refractivity contribution is -0.0224. The summed E-state index contributed by atoms with van der Waals surface area (Å²) in [6.45, 7) is 4.31. The van der Waals surface area contributed by atoms with Gasteiger partial charge in [-0.1, -0.05) is 18.2 Å². The number of pyridine rings is 1. The van der Waals surface area contributed by atoms with Gasteiger partial charge in [0.1, 0.15) is 0 Å². The third-order valence-electron chi connectivity index (χ3n) is 6.93. The van der Waals surface area contributed by atoms with Crippen LogP contribution in [0.15, 0.2) is 30.5 Å². The van der Waals surface area contributed by atoms with Crippen molar-refractivity contribution in [2.24, 2.45) is 5.92 Å². The molecule has 0 spiro atoms. The lowest BCUT2D eigenvalue weighted by atomic mass is 9.92. The number of aryl methyl sites for hydroxylation is 3. The van der Waals surface area contributed by atoms with Gasteiger partial charge in [-0.15, -0.1) is 0 Å². The molecular formula is C25H30N2O2. The van der Waals surface area contributed by atoms with E-state index in [1.807, 2.05) is 24.9 Å². The summed E-state index contributed by atoms with van der Waals surface area (Å²) in [7, 11) is 0. The molecule has 0 bridgehead atoms. The van der Waals surface area contributed by atoms with Gasteiger partial charge in [-0.2, -0.15) is 0 Å². The number of fused-ring (bicyclic) bond motifs is 2. The molecule has 0 radical (unpaired) electrons. The second-order valence-corrected chi connectivity index (χ2v) is 9.57. The van der Waals surface area contributed by atoms with Crippen molar-refractivity contribution < 1.29 is 9.90 Å². The molecule has 0 saturated heterocycles. The van der Waals surface area contributed by atoms with E-state index in [4.69, 9.17) is 0 Å². The maximum atomic E-state index is 13.4. The van der Waals surface area contributed by atoms with Crippen molar-refractivity contribution in [3.63, 3.8) is 0 Å². The molecule has 2 aliphatic carbocycles. The van der Waals surface area contributed by atoms with Gasteiger partial charge in [0, 0.05) is 24.0 Å². The highest BCUT2D eigenvalue weighted by atomic mass is 16.3. The molecule has 1 fully saturated rings. The van der Waals surface area contributed by atoms with Crippen molar-refractivity contribution in [1.82, 2.24) is 9.88 Å². The Morgan fingerprint density at radius 2 is 1.97 bits per heavy atom. The van der Waals surface area contributed by atoms with Crippen molar-refractivity contribution >= 4 is 5.91 Å². The van der Waals surface area contributed by atoms with Crippen LogP contribution in [0.3, 0.4) is 0 Å². The summed E-state index contributed by atoms with van der Waals surface area (Å²) in [6, 6.07) is 8.32. The molecule has 2 heterocycles. The molecule has 1 atom stereocenters. The Morgan fingerprint density at radius 1 is 1.17 bits per heavy atom. The summed E-state index contributed by atoms with van der Waals surface area (Å²) in [5.74, 6) is 0.533. The van der Waals surface area contributed by atoms with E-state index >= 15 is 0 Å². The van der Waals surface area contributed by atoms with Crippen LogP contribution in [-0.2, 0) is 32.2 Å². The zero-order valence-corrected chi connectivity index (χ0v) is 17.4. The van der Waals surface area contributed by atoms with Gasteiger partial charge in [0.15, 0.2) is 0 Å². The highest BCUT2D eigenvalue weighted by molar-refractivity contribution is 6.00. The monoisotopic (exact) mass is 390 g/mol. The molecular weight excluding hydrogens is 360 g/mol. The smallest absolute Gasteiger partial charge is 0.255 e. The number of carbonyl (C=O) groups excluding carboxylic acids is 1. The fourth-order valence-electron chi connectivity index (χ4n) is 5.55. The van der Waals surface area contributed by atoms with Crippen molar-refractivity contribution in [2.75, 3.05) is 0 Å². The highest BCUT2D eigenvalue weighted by Gasteiger charge is 2.48. The van der Waals surface area contributed by atoms with Gasteiger partial charge in [0.2, 0.25) is 0 Å². The fraction of sp³-hybridized carbons (Fsp3) is 0.520. The lowest BCUT2D eigenvalue weighted by Gasteiger charge is -2.37. The van der Waals surface area contributed by atoms with E-state index < -0.39 is 5.60 Å². The number of amides is 1. The number of carbonyl (C=O) groups is 1. The Kier molecular flexibility index (Phi) is 4.50. The van der Waals surface area contributed by atoms with Gasteiger partial charge in [-0.3, -0.25) is 9.78 Å². The van der Waals surface area contributed by atoms with Crippen LogP contribution in [0.1, 0.15) is 71.4 Å². The van der Waals surface area contributed by atoms with Gasteiger partial charge in [0.05, 0.1) is 11.6 Å². The number of nitrogens with zero attached hydrogens (tertiary/aromatic N) is 2. The summed E-state index contributed by atoms with van der Waals surface area (Å²) in [4.78, 5) is 19.9. The van der Waals surface area contributed by atoms with Crippen LogP contribution in [-0.4, -0.2) is 32.5 Å². The number of hydrogen-bond acceptors (Lipinski definition) is 3. The van der Waals surface area contributed by atoms with E-state index in [0.717, 1.165) is 55.2 Å². The molecule has 1 amide bonds. The zero-order chi connectivity index (χ0) is 20.2. The van der Waals surface area contributed by atoms with Crippen molar-refractivity contribution in [3.05, 3.63) is 64.0 Å². The first-order valence-corrected chi connectivity index (χ1v) is 11.0. The molecule has 0 unspecified atom stereocenters. The first kappa shape index (κ1) is 18.8. The Morgan fingerprint density at radius 3 is 2.72 bits per heavy atom. The van der Waals surface area contributed by atoms with E-state index in [2.05, 4.69) is 29.2 Å². The third-order valence-corrected chi connectivity index (χ3v) is 6.93. The standard InChI is InChI=1S/C25H30N2O2/c1-25(2,29)23(18-11-12-18)27-15-19-6-3-5-17(22(19)24(27)28)10-9-16-13-14-26-21-8-4-7-20(16)21/h3,5-6,13-14,18,23,29H,4,7-12,15H2,1-2H3/t23-/m1/s1. The van der Waals surface area contributed by atoms with Crippen molar-refractivity contribution in [2.45, 2.75) is 77.0 Å². The largest absolute Gasteiger partial charge is 0.388 e. The number of benzene rings is 1. The minimum absolute atomic E-state index is 0.0984. The SMILES string of the molecule is CC(C)(O)[C@@H](C1CC1)N1Cc2cccc(CCc3ccnc4c3CCC4)c2C1=O. The maximum Gasteiger partial charge on any atom is 0.255 e. The molecule has 1 N–H and O–H groups in total.